The molecule has 0 atom stereocenters. The fourth-order valence-electron chi connectivity index (χ4n) is 1.49. The third-order valence-corrected chi connectivity index (χ3v) is 2.89. The van der Waals surface area contributed by atoms with Gasteiger partial charge in [-0.3, -0.25) is 9.89 Å². The van der Waals surface area contributed by atoms with Crippen LogP contribution in [-0.2, 0) is 0 Å². The minimum atomic E-state index is -0.259. The van der Waals surface area contributed by atoms with E-state index < -0.39 is 0 Å². The van der Waals surface area contributed by atoms with E-state index in [0.717, 1.165) is 11.3 Å². The van der Waals surface area contributed by atoms with Gasteiger partial charge in [0.05, 0.1) is 10.6 Å². The molecular weight excluding hydrogens is 238 g/mol. The molecule has 0 aliphatic carbocycles. The summed E-state index contributed by atoms with van der Waals surface area (Å²) >= 11 is 6.07. The number of H-pyrrole nitrogens is 1. The Bertz CT molecular complexity index is 563. The zero-order chi connectivity index (χ0) is 12.4. The van der Waals surface area contributed by atoms with Crippen molar-refractivity contribution in [3.05, 3.63) is 46.1 Å². The predicted octanol–water partition coefficient (Wildman–Crippen LogP) is 2.93. The second-order valence-corrected chi connectivity index (χ2v) is 4.20. The van der Waals surface area contributed by atoms with Crippen molar-refractivity contribution >= 4 is 23.3 Å². The summed E-state index contributed by atoms with van der Waals surface area (Å²) in [6, 6.07) is 7.09. The molecule has 0 unspecified atom stereocenters. The molecule has 5 heteroatoms. The highest BCUT2D eigenvalue weighted by atomic mass is 35.5. The van der Waals surface area contributed by atoms with Gasteiger partial charge in [-0.05, 0) is 25.5 Å². The first kappa shape index (κ1) is 11.7. The van der Waals surface area contributed by atoms with Crippen LogP contribution in [0.25, 0.3) is 0 Å². The smallest absolute Gasteiger partial charge is 0.258 e. The minimum Gasteiger partial charge on any atom is -0.305 e. The molecule has 0 fully saturated rings. The summed E-state index contributed by atoms with van der Waals surface area (Å²) in [5.41, 5.74) is 2.21. The fraction of sp³-hybridized carbons (Fsp3) is 0.167. The third kappa shape index (κ3) is 2.47. The van der Waals surface area contributed by atoms with E-state index in [1.807, 2.05) is 19.9 Å². The number of aromatic amines is 1. The zero-order valence-corrected chi connectivity index (χ0v) is 10.3. The number of carbonyl (C=O) groups is 1. The van der Waals surface area contributed by atoms with Gasteiger partial charge in [0.1, 0.15) is 0 Å². The van der Waals surface area contributed by atoms with Crippen LogP contribution in [-0.4, -0.2) is 16.1 Å². The van der Waals surface area contributed by atoms with Crippen molar-refractivity contribution in [2.24, 2.45) is 0 Å². The van der Waals surface area contributed by atoms with Crippen molar-refractivity contribution < 1.29 is 4.79 Å². The first-order valence-corrected chi connectivity index (χ1v) is 5.54. The van der Waals surface area contributed by atoms with E-state index in [2.05, 4.69) is 15.5 Å². The van der Waals surface area contributed by atoms with Crippen LogP contribution in [0.2, 0.25) is 5.02 Å². The molecule has 0 aliphatic heterocycles. The first-order valence-electron chi connectivity index (χ1n) is 5.16. The van der Waals surface area contributed by atoms with E-state index in [4.69, 9.17) is 11.6 Å². The number of halogens is 1. The second kappa shape index (κ2) is 4.59. The van der Waals surface area contributed by atoms with Crippen LogP contribution < -0.4 is 5.32 Å². The fourth-order valence-corrected chi connectivity index (χ4v) is 1.70. The van der Waals surface area contributed by atoms with Crippen molar-refractivity contribution in [1.82, 2.24) is 10.2 Å². The maximum absolute atomic E-state index is 11.9. The molecule has 2 rings (SSSR count). The van der Waals surface area contributed by atoms with Crippen LogP contribution >= 0.6 is 11.6 Å². The molecule has 1 aromatic carbocycles. The van der Waals surface area contributed by atoms with Gasteiger partial charge in [-0.15, -0.1) is 0 Å². The predicted molar refractivity (Wildman–Crippen MR) is 67.5 cm³/mol. The van der Waals surface area contributed by atoms with Gasteiger partial charge in [0.2, 0.25) is 0 Å². The number of nitrogens with zero attached hydrogens (tertiary/aromatic N) is 1. The minimum absolute atomic E-state index is 0.259. The molecule has 0 bridgehead atoms. The maximum atomic E-state index is 11.9. The Morgan fingerprint density at radius 3 is 2.82 bits per heavy atom. The normalized spacial score (nSPS) is 10.3. The molecule has 88 valence electrons. The Labute approximate surface area is 104 Å². The van der Waals surface area contributed by atoms with Crippen LogP contribution in [0, 0.1) is 13.8 Å². The van der Waals surface area contributed by atoms with Crippen molar-refractivity contribution in [3.63, 3.8) is 0 Å². The SMILES string of the molecule is Cc1cc(NC(=O)c2cccc(C)c2Cl)n[nH]1. The standard InChI is InChI=1S/C12H12ClN3O/c1-7-4-3-5-9(11(7)13)12(17)14-10-6-8(2)15-16-10/h3-6H,1-2H3,(H2,14,15,16,17). The Morgan fingerprint density at radius 1 is 1.41 bits per heavy atom. The molecule has 1 aromatic heterocycles. The highest BCUT2D eigenvalue weighted by molar-refractivity contribution is 6.35. The van der Waals surface area contributed by atoms with Crippen molar-refractivity contribution in [2.75, 3.05) is 5.32 Å². The molecule has 17 heavy (non-hydrogen) atoms. The number of benzene rings is 1. The van der Waals surface area contributed by atoms with Crippen LogP contribution in [0.1, 0.15) is 21.6 Å². The third-order valence-electron chi connectivity index (χ3n) is 2.38. The van der Waals surface area contributed by atoms with Crippen molar-refractivity contribution in [1.29, 1.82) is 0 Å². The summed E-state index contributed by atoms with van der Waals surface area (Å²) in [4.78, 5) is 11.9. The number of rotatable bonds is 2. The van der Waals surface area contributed by atoms with Crippen molar-refractivity contribution in [3.8, 4) is 0 Å². The van der Waals surface area contributed by atoms with Gasteiger partial charge in [0, 0.05) is 11.8 Å². The summed E-state index contributed by atoms with van der Waals surface area (Å²) in [7, 11) is 0. The Kier molecular flexibility index (Phi) is 3.15. The largest absolute Gasteiger partial charge is 0.305 e. The lowest BCUT2D eigenvalue weighted by atomic mass is 10.1. The molecule has 1 heterocycles. The number of aryl methyl sites for hydroxylation is 2. The molecule has 0 radical (unpaired) electrons. The Morgan fingerprint density at radius 2 is 2.18 bits per heavy atom. The van der Waals surface area contributed by atoms with E-state index in [9.17, 15) is 4.79 Å². The monoisotopic (exact) mass is 249 g/mol. The van der Waals surface area contributed by atoms with Gasteiger partial charge in [0.15, 0.2) is 5.82 Å². The van der Waals surface area contributed by atoms with Crippen LogP contribution in [0.5, 0.6) is 0 Å². The van der Waals surface area contributed by atoms with Gasteiger partial charge in [-0.1, -0.05) is 23.7 Å². The maximum Gasteiger partial charge on any atom is 0.258 e. The van der Waals surface area contributed by atoms with Gasteiger partial charge >= 0.3 is 0 Å². The lowest BCUT2D eigenvalue weighted by Crippen LogP contribution is -2.13. The molecule has 0 saturated carbocycles. The van der Waals surface area contributed by atoms with Gasteiger partial charge < -0.3 is 5.32 Å². The summed E-state index contributed by atoms with van der Waals surface area (Å²) in [5, 5.41) is 9.84. The quantitative estimate of drug-likeness (QED) is 0.860. The lowest BCUT2D eigenvalue weighted by Gasteiger charge is -2.05. The summed E-state index contributed by atoms with van der Waals surface area (Å²) in [6.45, 7) is 3.72. The molecule has 2 aromatic rings. The van der Waals surface area contributed by atoms with Crippen LogP contribution in [0.15, 0.2) is 24.3 Å². The molecule has 0 spiro atoms. The van der Waals surface area contributed by atoms with E-state index >= 15 is 0 Å². The summed E-state index contributed by atoms with van der Waals surface area (Å²) in [6.07, 6.45) is 0. The van der Waals surface area contributed by atoms with Gasteiger partial charge in [-0.2, -0.15) is 5.10 Å². The highest BCUT2D eigenvalue weighted by Crippen LogP contribution is 2.21. The highest BCUT2D eigenvalue weighted by Gasteiger charge is 2.12. The van der Waals surface area contributed by atoms with Crippen LogP contribution in [0.3, 0.4) is 0 Å². The van der Waals surface area contributed by atoms with E-state index in [0.29, 0.717) is 16.4 Å². The average molecular weight is 250 g/mol. The van der Waals surface area contributed by atoms with Crippen molar-refractivity contribution in [2.45, 2.75) is 13.8 Å². The Hall–Kier alpha value is -1.81. The van der Waals surface area contributed by atoms with E-state index in [1.54, 1.807) is 18.2 Å². The number of aromatic nitrogens is 2. The molecule has 1 amide bonds. The molecule has 0 saturated heterocycles. The lowest BCUT2D eigenvalue weighted by molar-refractivity contribution is 0.102. The van der Waals surface area contributed by atoms with E-state index in [-0.39, 0.29) is 5.91 Å². The Balaban J connectivity index is 2.23. The molecule has 2 N–H and O–H groups in total. The second-order valence-electron chi connectivity index (χ2n) is 3.83. The number of carbonyl (C=O) groups excluding carboxylic acids is 1. The molecule has 4 nitrogen and oxygen atoms in total. The van der Waals surface area contributed by atoms with Gasteiger partial charge in [-0.25, -0.2) is 0 Å². The number of hydrogen-bond acceptors (Lipinski definition) is 2. The zero-order valence-electron chi connectivity index (χ0n) is 9.54. The number of nitrogens with one attached hydrogen (secondary N) is 2. The first-order chi connectivity index (χ1) is 8.08. The van der Waals surface area contributed by atoms with E-state index in [1.165, 1.54) is 0 Å². The number of anilines is 1. The number of amides is 1. The van der Waals surface area contributed by atoms with Crippen LogP contribution in [0.4, 0.5) is 5.82 Å². The molecule has 0 aliphatic rings. The topological polar surface area (TPSA) is 57.8 Å². The summed E-state index contributed by atoms with van der Waals surface area (Å²) < 4.78 is 0. The number of hydrogen-bond donors (Lipinski definition) is 2. The summed E-state index contributed by atoms with van der Waals surface area (Å²) in [5.74, 6) is 0.232. The average Bonchev–Trinajstić information content (AvgIpc) is 2.68. The van der Waals surface area contributed by atoms with Gasteiger partial charge in [0.25, 0.3) is 5.91 Å². The molecular formula is C12H12ClN3O.